The van der Waals surface area contributed by atoms with Gasteiger partial charge in [-0.2, -0.15) is 0 Å². The predicted octanol–water partition coefficient (Wildman–Crippen LogP) is 1.32. The van der Waals surface area contributed by atoms with Crippen molar-refractivity contribution in [2.24, 2.45) is 10.7 Å². The van der Waals surface area contributed by atoms with Crippen LogP contribution in [0.3, 0.4) is 0 Å². The summed E-state index contributed by atoms with van der Waals surface area (Å²) in [5, 5.41) is 0. The molecule has 0 spiro atoms. The van der Waals surface area contributed by atoms with Gasteiger partial charge in [0.25, 0.3) is 0 Å². The molecule has 2 N–H and O–H groups in total. The van der Waals surface area contributed by atoms with Gasteiger partial charge in [0.2, 0.25) is 0 Å². The van der Waals surface area contributed by atoms with Gasteiger partial charge in [0.15, 0.2) is 5.96 Å². The fraction of sp³-hybridized carbons (Fsp3) is 0.462. The number of hydrogen-bond acceptors (Lipinski definition) is 4. The van der Waals surface area contributed by atoms with Crippen molar-refractivity contribution in [2.75, 3.05) is 26.8 Å². The average molecular weight is 251 g/mol. The number of methoxy groups -OCH3 is 1. The maximum absolute atomic E-state index is 14.0. The molecule has 1 aromatic carbocycles. The predicted molar refractivity (Wildman–Crippen MR) is 68.8 cm³/mol. The van der Waals surface area contributed by atoms with Crippen molar-refractivity contribution in [1.82, 2.24) is 4.90 Å². The zero-order valence-electron chi connectivity index (χ0n) is 10.7. The second-order valence-electron chi connectivity index (χ2n) is 4.57. The number of ether oxygens (including phenoxy) is 1. The zero-order valence-corrected chi connectivity index (χ0v) is 10.7. The van der Waals surface area contributed by atoms with Crippen LogP contribution in [0.5, 0.6) is 0 Å². The third-order valence-electron chi connectivity index (χ3n) is 3.39. The summed E-state index contributed by atoms with van der Waals surface area (Å²) in [5.41, 5.74) is 5.96. The molecule has 1 unspecified atom stereocenters. The van der Waals surface area contributed by atoms with Gasteiger partial charge in [-0.05, 0) is 13.0 Å². The average Bonchev–Trinajstić information content (AvgIpc) is 2.64. The number of nitrogens with two attached hydrogens (primary N) is 1. The molecule has 0 saturated heterocycles. The quantitative estimate of drug-likeness (QED) is 0.878. The van der Waals surface area contributed by atoms with E-state index >= 15 is 0 Å². The molecule has 18 heavy (non-hydrogen) atoms. The van der Waals surface area contributed by atoms with Crippen molar-refractivity contribution >= 4 is 5.96 Å². The van der Waals surface area contributed by atoms with Crippen LogP contribution in [0.15, 0.2) is 29.3 Å². The highest BCUT2D eigenvalue weighted by Crippen LogP contribution is 2.33. The summed E-state index contributed by atoms with van der Waals surface area (Å²) in [5.74, 6) is 0.213. The number of hydrogen-bond donors (Lipinski definition) is 1. The molecular formula is C13H18FN3O. The Kier molecular flexibility index (Phi) is 3.52. The van der Waals surface area contributed by atoms with E-state index in [1.54, 1.807) is 19.2 Å². The first-order chi connectivity index (χ1) is 8.59. The van der Waals surface area contributed by atoms with E-state index in [-0.39, 0.29) is 5.82 Å². The van der Waals surface area contributed by atoms with E-state index in [2.05, 4.69) is 4.99 Å². The summed E-state index contributed by atoms with van der Waals surface area (Å²) in [4.78, 5) is 6.14. The molecule has 5 heteroatoms. The van der Waals surface area contributed by atoms with Crippen LogP contribution in [0.25, 0.3) is 0 Å². The maximum Gasteiger partial charge on any atom is 0.192 e. The Morgan fingerprint density at radius 1 is 1.50 bits per heavy atom. The van der Waals surface area contributed by atoms with E-state index < -0.39 is 5.54 Å². The summed E-state index contributed by atoms with van der Waals surface area (Å²) in [6.07, 6.45) is 0. The first kappa shape index (κ1) is 12.8. The fourth-order valence-corrected chi connectivity index (χ4v) is 2.33. The van der Waals surface area contributed by atoms with Crippen molar-refractivity contribution in [3.05, 3.63) is 35.6 Å². The Hall–Kier alpha value is -1.62. The van der Waals surface area contributed by atoms with E-state index in [1.165, 1.54) is 6.07 Å². The molecule has 0 bridgehead atoms. The van der Waals surface area contributed by atoms with Gasteiger partial charge < -0.3 is 15.4 Å². The van der Waals surface area contributed by atoms with E-state index in [9.17, 15) is 4.39 Å². The molecule has 1 aromatic rings. The summed E-state index contributed by atoms with van der Waals surface area (Å²) >= 11 is 0. The van der Waals surface area contributed by atoms with Crippen molar-refractivity contribution in [3.8, 4) is 0 Å². The van der Waals surface area contributed by atoms with E-state index in [4.69, 9.17) is 10.5 Å². The normalized spacial score (nSPS) is 23.3. The van der Waals surface area contributed by atoms with Crippen LogP contribution in [0, 0.1) is 5.82 Å². The Morgan fingerprint density at radius 3 is 2.89 bits per heavy atom. The molecule has 1 aliphatic heterocycles. The molecule has 0 aromatic heterocycles. The van der Waals surface area contributed by atoms with Crippen LogP contribution in [0.1, 0.15) is 12.5 Å². The largest absolute Gasteiger partial charge is 0.383 e. The van der Waals surface area contributed by atoms with E-state index in [1.807, 2.05) is 17.9 Å². The topological polar surface area (TPSA) is 50.9 Å². The van der Waals surface area contributed by atoms with Gasteiger partial charge in [0.05, 0.1) is 18.7 Å². The molecule has 4 nitrogen and oxygen atoms in total. The summed E-state index contributed by atoms with van der Waals surface area (Å²) in [6.45, 7) is 3.53. The first-order valence-electron chi connectivity index (χ1n) is 5.91. The second-order valence-corrected chi connectivity index (χ2v) is 4.57. The molecular weight excluding hydrogens is 233 g/mol. The molecule has 0 radical (unpaired) electrons. The number of nitrogens with zero attached hydrogens (tertiary/aromatic N) is 2. The Balaban J connectivity index is 2.32. The molecule has 1 aliphatic rings. The standard InChI is InChI=1S/C13H18FN3O/c1-13(10-5-3-4-6-11(10)14)9-16-12(15)17(13)7-8-18-2/h3-6H,7-9H2,1-2H3,(H2,15,16). The molecule has 2 rings (SSSR count). The smallest absolute Gasteiger partial charge is 0.192 e. The Bertz CT molecular complexity index is 463. The minimum atomic E-state index is -0.534. The maximum atomic E-state index is 14.0. The van der Waals surface area contributed by atoms with Crippen molar-refractivity contribution in [2.45, 2.75) is 12.5 Å². The van der Waals surface area contributed by atoms with Gasteiger partial charge in [-0.15, -0.1) is 0 Å². The Labute approximate surface area is 106 Å². The lowest BCUT2D eigenvalue weighted by atomic mass is 9.90. The Morgan fingerprint density at radius 2 is 2.22 bits per heavy atom. The molecule has 1 heterocycles. The van der Waals surface area contributed by atoms with Gasteiger partial charge in [0, 0.05) is 19.2 Å². The van der Waals surface area contributed by atoms with Gasteiger partial charge in [0.1, 0.15) is 5.82 Å². The third-order valence-corrected chi connectivity index (χ3v) is 3.39. The third kappa shape index (κ3) is 2.06. The lowest BCUT2D eigenvalue weighted by molar-refractivity contribution is 0.135. The van der Waals surface area contributed by atoms with Gasteiger partial charge in [-0.3, -0.25) is 4.99 Å². The van der Waals surface area contributed by atoms with Crippen molar-refractivity contribution in [3.63, 3.8) is 0 Å². The van der Waals surface area contributed by atoms with Crippen molar-refractivity contribution in [1.29, 1.82) is 0 Å². The van der Waals surface area contributed by atoms with Crippen LogP contribution in [0.2, 0.25) is 0 Å². The highest BCUT2D eigenvalue weighted by molar-refractivity contribution is 5.81. The van der Waals surface area contributed by atoms with Gasteiger partial charge >= 0.3 is 0 Å². The van der Waals surface area contributed by atoms with Gasteiger partial charge in [-0.1, -0.05) is 18.2 Å². The minimum Gasteiger partial charge on any atom is -0.383 e. The molecule has 0 amide bonds. The number of aliphatic imine (C=N–C) groups is 1. The lowest BCUT2D eigenvalue weighted by Crippen LogP contribution is -2.49. The molecule has 0 aliphatic carbocycles. The zero-order chi connectivity index (χ0) is 13.2. The van der Waals surface area contributed by atoms with Crippen LogP contribution < -0.4 is 5.73 Å². The first-order valence-corrected chi connectivity index (χ1v) is 5.91. The monoisotopic (exact) mass is 251 g/mol. The van der Waals surface area contributed by atoms with Crippen LogP contribution >= 0.6 is 0 Å². The van der Waals surface area contributed by atoms with Crippen LogP contribution in [-0.2, 0) is 10.3 Å². The van der Waals surface area contributed by atoms with Crippen LogP contribution in [-0.4, -0.2) is 37.7 Å². The van der Waals surface area contributed by atoms with Crippen molar-refractivity contribution < 1.29 is 9.13 Å². The highest BCUT2D eigenvalue weighted by Gasteiger charge is 2.40. The minimum absolute atomic E-state index is 0.229. The number of rotatable bonds is 4. The molecule has 0 fully saturated rings. The number of halogens is 1. The summed E-state index contributed by atoms with van der Waals surface area (Å²) < 4.78 is 19.0. The van der Waals surface area contributed by atoms with E-state index in [0.717, 1.165) is 0 Å². The molecule has 98 valence electrons. The molecule has 0 saturated carbocycles. The highest BCUT2D eigenvalue weighted by atomic mass is 19.1. The lowest BCUT2D eigenvalue weighted by Gasteiger charge is -2.36. The van der Waals surface area contributed by atoms with Gasteiger partial charge in [-0.25, -0.2) is 4.39 Å². The number of benzene rings is 1. The van der Waals surface area contributed by atoms with Crippen LogP contribution in [0.4, 0.5) is 4.39 Å². The summed E-state index contributed by atoms with van der Waals surface area (Å²) in [6, 6.07) is 6.75. The molecule has 1 atom stereocenters. The SMILES string of the molecule is COCCN1C(N)=NCC1(C)c1ccccc1F. The fourth-order valence-electron chi connectivity index (χ4n) is 2.33. The summed E-state index contributed by atoms with van der Waals surface area (Å²) in [7, 11) is 1.63. The van der Waals surface area contributed by atoms with E-state index in [0.29, 0.717) is 31.2 Å². The second kappa shape index (κ2) is 4.94. The number of guanidine groups is 1.